The van der Waals surface area contributed by atoms with Gasteiger partial charge in [0.2, 0.25) is 0 Å². The van der Waals surface area contributed by atoms with Gasteiger partial charge in [-0.05, 0) is 96.4 Å². The smallest absolute Gasteiger partial charge is 0.115 e. The molecule has 0 bridgehead atoms. The van der Waals surface area contributed by atoms with E-state index >= 15 is 0 Å². The summed E-state index contributed by atoms with van der Waals surface area (Å²) in [5.41, 5.74) is 6.33. The minimum absolute atomic E-state index is 0.0228. The number of benzene rings is 2. The van der Waals surface area contributed by atoms with E-state index in [2.05, 4.69) is 62.3 Å². The lowest BCUT2D eigenvalue weighted by molar-refractivity contribution is -0.0158. The van der Waals surface area contributed by atoms with Crippen LogP contribution >= 0.6 is 0 Å². The second-order valence-electron chi connectivity index (χ2n) is 10.2. The van der Waals surface area contributed by atoms with Crippen LogP contribution in [-0.2, 0) is 6.42 Å². The maximum atomic E-state index is 11.4. The summed E-state index contributed by atoms with van der Waals surface area (Å²) in [7, 11) is 4.11. The van der Waals surface area contributed by atoms with E-state index in [1.807, 2.05) is 12.1 Å². The minimum atomic E-state index is -0.349. The first kappa shape index (κ1) is 19.7. The number of fused-ring (bicyclic) bond motifs is 5. The Kier molecular flexibility index (Phi) is 4.70. The van der Waals surface area contributed by atoms with Crippen LogP contribution in [0.3, 0.4) is 0 Å². The largest absolute Gasteiger partial charge is 0.508 e. The predicted octanol–water partition coefficient (Wildman–Crippen LogP) is 5.37. The number of nitrogens with zero attached hydrogens (tertiary/aromatic N) is 1. The number of phenols is 1. The van der Waals surface area contributed by atoms with Crippen LogP contribution in [0.15, 0.2) is 48.0 Å². The molecule has 3 heteroatoms. The third kappa shape index (κ3) is 3.06. The third-order valence-corrected chi connectivity index (χ3v) is 8.34. The first-order valence-corrected chi connectivity index (χ1v) is 11.3. The molecule has 2 N–H and O–H groups in total. The molecule has 0 radical (unpaired) electrons. The van der Waals surface area contributed by atoms with Gasteiger partial charge in [-0.3, -0.25) is 0 Å². The van der Waals surface area contributed by atoms with Crippen molar-refractivity contribution >= 4 is 11.8 Å². The molecule has 0 aliphatic heterocycles. The molecule has 0 saturated heterocycles. The van der Waals surface area contributed by atoms with Crippen molar-refractivity contribution in [1.29, 1.82) is 0 Å². The molecule has 3 nitrogen and oxygen atoms in total. The van der Waals surface area contributed by atoms with Crippen LogP contribution in [0, 0.1) is 17.3 Å². The zero-order valence-electron chi connectivity index (χ0n) is 18.3. The van der Waals surface area contributed by atoms with Crippen molar-refractivity contribution in [2.45, 2.75) is 51.0 Å². The Morgan fingerprint density at radius 2 is 1.83 bits per heavy atom. The van der Waals surface area contributed by atoms with E-state index in [0.717, 1.165) is 25.7 Å². The number of rotatable bonds is 2. The fourth-order valence-electron chi connectivity index (χ4n) is 6.65. The zero-order valence-corrected chi connectivity index (χ0v) is 18.3. The lowest BCUT2D eigenvalue weighted by Gasteiger charge is -2.49. The second-order valence-corrected chi connectivity index (χ2v) is 10.2. The van der Waals surface area contributed by atoms with Gasteiger partial charge >= 0.3 is 0 Å². The van der Waals surface area contributed by atoms with E-state index in [0.29, 0.717) is 23.5 Å². The monoisotopic (exact) mass is 403 g/mol. The van der Waals surface area contributed by atoms with Gasteiger partial charge in [0.1, 0.15) is 5.75 Å². The number of hydrogen-bond donors (Lipinski definition) is 2. The maximum absolute atomic E-state index is 11.4. The Hall–Kier alpha value is -2.26. The minimum Gasteiger partial charge on any atom is -0.508 e. The Morgan fingerprint density at radius 3 is 2.57 bits per heavy atom. The van der Waals surface area contributed by atoms with Gasteiger partial charge in [0, 0.05) is 25.2 Å². The molecule has 3 aliphatic rings. The van der Waals surface area contributed by atoms with Crippen molar-refractivity contribution in [3.63, 3.8) is 0 Å². The Morgan fingerprint density at radius 1 is 1.07 bits per heavy atom. The van der Waals surface area contributed by atoms with Crippen molar-refractivity contribution in [3.05, 3.63) is 64.7 Å². The summed E-state index contributed by atoms with van der Waals surface area (Å²) in [6.07, 6.45) is 7.30. The summed E-state index contributed by atoms with van der Waals surface area (Å²) >= 11 is 0. The molecule has 158 valence electrons. The number of phenolic OH excluding ortho intramolecular Hbond substituents is 1. The summed E-state index contributed by atoms with van der Waals surface area (Å²) < 4.78 is 0. The second kappa shape index (κ2) is 7.16. The number of hydrogen-bond acceptors (Lipinski definition) is 3. The first-order valence-electron chi connectivity index (χ1n) is 11.3. The number of aliphatic hydroxyl groups is 1. The summed E-state index contributed by atoms with van der Waals surface area (Å²) in [5, 5.41) is 21.2. The topological polar surface area (TPSA) is 43.7 Å². The van der Waals surface area contributed by atoms with Crippen molar-refractivity contribution < 1.29 is 10.2 Å². The van der Waals surface area contributed by atoms with Crippen LogP contribution in [0.2, 0.25) is 0 Å². The zero-order chi connectivity index (χ0) is 21.0. The Balaban J connectivity index is 1.44. The van der Waals surface area contributed by atoms with E-state index in [1.165, 1.54) is 34.4 Å². The van der Waals surface area contributed by atoms with E-state index in [9.17, 15) is 10.2 Å². The average Bonchev–Trinajstić information content (AvgIpc) is 2.98. The van der Waals surface area contributed by atoms with Crippen molar-refractivity contribution in [1.82, 2.24) is 0 Å². The number of anilines is 1. The summed E-state index contributed by atoms with van der Waals surface area (Å²) in [6, 6.07) is 14.6. The molecule has 30 heavy (non-hydrogen) atoms. The van der Waals surface area contributed by atoms with Crippen molar-refractivity contribution in [2.24, 2.45) is 17.3 Å². The molecule has 2 aromatic rings. The summed E-state index contributed by atoms with van der Waals surface area (Å²) in [5.74, 6) is 2.10. The van der Waals surface area contributed by atoms with Gasteiger partial charge in [0.05, 0.1) is 6.10 Å². The normalized spacial score (nSPS) is 33.7. The summed E-state index contributed by atoms with van der Waals surface area (Å²) in [4.78, 5) is 2.11. The van der Waals surface area contributed by atoms with E-state index in [1.54, 1.807) is 0 Å². The number of aliphatic hydroxyl groups excluding tert-OH is 1. The molecule has 0 aromatic heterocycles. The van der Waals surface area contributed by atoms with E-state index in [4.69, 9.17) is 0 Å². The molecular weight excluding hydrogens is 370 g/mol. The van der Waals surface area contributed by atoms with Crippen LogP contribution in [0.4, 0.5) is 5.69 Å². The molecule has 2 saturated carbocycles. The highest BCUT2D eigenvalue weighted by atomic mass is 16.3. The van der Waals surface area contributed by atoms with Crippen molar-refractivity contribution in [3.8, 4) is 5.75 Å². The van der Waals surface area contributed by atoms with Gasteiger partial charge in [-0.2, -0.15) is 0 Å². The molecule has 0 heterocycles. The standard InChI is InChI=1S/C27H33NO2/c1-27-13-12-23-22-11-9-21(29)15-18(22)6-10-24(23)25(27)16-19(26(27)30)14-17-4-7-20(8-5-17)28(2)3/h4-5,7-9,11,14-15,23-26,29-30H,6,10,12-13,16H2,1-3H3/b19-14+. The third-order valence-electron chi connectivity index (χ3n) is 8.34. The van der Waals surface area contributed by atoms with Gasteiger partial charge in [-0.1, -0.05) is 31.2 Å². The lowest BCUT2D eigenvalue weighted by atomic mass is 9.55. The molecule has 0 spiro atoms. The molecule has 5 unspecified atom stereocenters. The van der Waals surface area contributed by atoms with Crippen LogP contribution in [-0.4, -0.2) is 30.4 Å². The van der Waals surface area contributed by atoms with Gasteiger partial charge in [-0.25, -0.2) is 0 Å². The highest BCUT2D eigenvalue weighted by Crippen LogP contribution is 2.62. The van der Waals surface area contributed by atoms with Crippen LogP contribution in [0.5, 0.6) is 5.75 Å². The van der Waals surface area contributed by atoms with Crippen LogP contribution < -0.4 is 4.90 Å². The quantitative estimate of drug-likeness (QED) is 0.709. The fraction of sp³-hybridized carbons (Fsp3) is 0.481. The number of aromatic hydroxyl groups is 1. The van der Waals surface area contributed by atoms with Gasteiger partial charge in [0.25, 0.3) is 0 Å². The van der Waals surface area contributed by atoms with Crippen LogP contribution in [0.25, 0.3) is 6.08 Å². The molecule has 0 amide bonds. The predicted molar refractivity (Wildman–Crippen MR) is 123 cm³/mol. The van der Waals surface area contributed by atoms with E-state index in [-0.39, 0.29) is 11.5 Å². The highest BCUT2D eigenvalue weighted by molar-refractivity contribution is 5.59. The average molecular weight is 404 g/mol. The Labute approximate surface area is 180 Å². The van der Waals surface area contributed by atoms with Gasteiger partial charge < -0.3 is 15.1 Å². The molecule has 3 aliphatic carbocycles. The SMILES string of the molecule is CN(C)c1ccc(/C=C2\CC3C4CCc5cc(O)ccc5C4CCC3(C)C2O)cc1. The lowest BCUT2D eigenvalue weighted by Crippen LogP contribution is -2.44. The fourth-order valence-corrected chi connectivity index (χ4v) is 6.65. The number of aryl methyl sites for hydroxylation is 1. The molecule has 2 fully saturated rings. The summed E-state index contributed by atoms with van der Waals surface area (Å²) in [6.45, 7) is 2.32. The molecule has 5 atom stereocenters. The maximum Gasteiger partial charge on any atom is 0.115 e. The highest BCUT2D eigenvalue weighted by Gasteiger charge is 2.56. The molecular formula is C27H33NO2. The van der Waals surface area contributed by atoms with Gasteiger partial charge in [-0.15, -0.1) is 0 Å². The van der Waals surface area contributed by atoms with Gasteiger partial charge in [0.15, 0.2) is 0 Å². The van der Waals surface area contributed by atoms with Crippen LogP contribution in [0.1, 0.15) is 55.2 Å². The Bertz CT molecular complexity index is 977. The first-order chi connectivity index (χ1) is 14.4. The molecule has 2 aromatic carbocycles. The van der Waals surface area contributed by atoms with Crippen molar-refractivity contribution in [2.75, 3.05) is 19.0 Å². The van der Waals surface area contributed by atoms with E-state index < -0.39 is 0 Å². The molecule has 5 rings (SSSR count).